The number of alkyl halides is 3. The van der Waals surface area contributed by atoms with Gasteiger partial charge >= 0.3 is 6.18 Å². The average Bonchev–Trinajstić information content (AvgIpc) is 2.04. The maximum atomic E-state index is 11.7. The van der Waals surface area contributed by atoms with Crippen molar-refractivity contribution in [3.63, 3.8) is 0 Å². The van der Waals surface area contributed by atoms with Crippen molar-refractivity contribution in [1.29, 1.82) is 0 Å². The van der Waals surface area contributed by atoms with Gasteiger partial charge in [0.2, 0.25) is 0 Å². The van der Waals surface area contributed by atoms with Crippen molar-refractivity contribution in [2.24, 2.45) is 10.7 Å². The Morgan fingerprint density at radius 2 is 1.73 bits per heavy atom. The summed E-state index contributed by atoms with van der Waals surface area (Å²) < 4.78 is 35.2. The van der Waals surface area contributed by atoms with Crippen molar-refractivity contribution in [2.75, 3.05) is 19.6 Å². The summed E-state index contributed by atoms with van der Waals surface area (Å²) in [7, 11) is 0. The van der Waals surface area contributed by atoms with Gasteiger partial charge in [0.25, 0.3) is 0 Å². The van der Waals surface area contributed by atoms with E-state index in [0.29, 0.717) is 13.1 Å². The van der Waals surface area contributed by atoms with Gasteiger partial charge in [0.05, 0.1) is 13.0 Å². The Morgan fingerprint density at radius 1 is 1.27 bits per heavy atom. The van der Waals surface area contributed by atoms with E-state index in [1.165, 1.54) is 0 Å². The molecule has 0 unspecified atom stereocenters. The Balaban J connectivity index is 0. The number of nitrogens with zero attached hydrogens (tertiary/aromatic N) is 2. The van der Waals surface area contributed by atoms with E-state index in [-0.39, 0.29) is 36.5 Å². The van der Waals surface area contributed by atoms with Crippen LogP contribution in [-0.2, 0) is 0 Å². The molecule has 0 aliphatic heterocycles. The van der Waals surface area contributed by atoms with E-state index < -0.39 is 12.6 Å². The first-order valence-electron chi connectivity index (χ1n) is 4.52. The van der Waals surface area contributed by atoms with Gasteiger partial charge in [0.1, 0.15) is 0 Å². The van der Waals surface area contributed by atoms with Crippen LogP contribution in [-0.4, -0.2) is 36.7 Å². The van der Waals surface area contributed by atoms with Crippen LogP contribution in [0.1, 0.15) is 20.3 Å². The zero-order valence-electron chi connectivity index (χ0n) is 8.84. The highest BCUT2D eigenvalue weighted by Gasteiger charge is 2.26. The average molecular weight is 339 g/mol. The fourth-order valence-electron chi connectivity index (χ4n) is 0.945. The Hall–Kier alpha value is -0.210. The molecule has 0 heterocycles. The number of guanidine groups is 1. The lowest BCUT2D eigenvalue weighted by atomic mass is 10.4. The predicted octanol–water partition coefficient (Wildman–Crippen LogP) is 2.21. The van der Waals surface area contributed by atoms with Gasteiger partial charge in [-0.15, -0.1) is 24.0 Å². The van der Waals surface area contributed by atoms with Crippen molar-refractivity contribution in [1.82, 2.24) is 4.90 Å². The number of aliphatic imine (C=N–C) groups is 1. The summed E-state index contributed by atoms with van der Waals surface area (Å²) in [6, 6.07) is 0. The fraction of sp³-hybridized carbons (Fsp3) is 0.875. The standard InChI is InChI=1S/C8H16F3N3.HI/c1-3-14(4-2)7(12)13-6-5-8(9,10)11;/h3-6H2,1-2H3,(H2,12,13);1H. The van der Waals surface area contributed by atoms with Gasteiger partial charge in [0.15, 0.2) is 5.96 Å². The molecule has 0 fully saturated rings. The molecule has 0 aliphatic rings. The minimum Gasteiger partial charge on any atom is -0.370 e. The third-order valence-electron chi connectivity index (χ3n) is 1.76. The largest absolute Gasteiger partial charge is 0.390 e. The molecular weight excluding hydrogens is 322 g/mol. The van der Waals surface area contributed by atoms with Crippen LogP contribution in [0.3, 0.4) is 0 Å². The zero-order valence-corrected chi connectivity index (χ0v) is 11.2. The molecule has 2 N–H and O–H groups in total. The van der Waals surface area contributed by atoms with Gasteiger partial charge in [0, 0.05) is 13.1 Å². The van der Waals surface area contributed by atoms with E-state index in [0.717, 1.165) is 0 Å². The minimum absolute atomic E-state index is 0. The minimum atomic E-state index is -4.16. The number of nitrogens with two attached hydrogens (primary N) is 1. The number of hydrogen-bond acceptors (Lipinski definition) is 1. The SMILES string of the molecule is CCN(CC)C(N)=NCCC(F)(F)F.I. The van der Waals surface area contributed by atoms with Crippen LogP contribution < -0.4 is 5.73 Å². The van der Waals surface area contributed by atoms with Gasteiger partial charge in [-0.25, -0.2) is 0 Å². The lowest BCUT2D eigenvalue weighted by Crippen LogP contribution is -2.37. The Kier molecular flexibility index (Phi) is 9.17. The molecule has 0 radical (unpaired) electrons. The van der Waals surface area contributed by atoms with Crippen LogP contribution in [0.5, 0.6) is 0 Å². The van der Waals surface area contributed by atoms with Crippen molar-refractivity contribution >= 4 is 29.9 Å². The second-order valence-corrected chi connectivity index (χ2v) is 2.78. The third-order valence-corrected chi connectivity index (χ3v) is 1.76. The van der Waals surface area contributed by atoms with E-state index in [1.54, 1.807) is 4.90 Å². The monoisotopic (exact) mass is 339 g/mol. The van der Waals surface area contributed by atoms with Gasteiger partial charge in [-0.05, 0) is 13.8 Å². The summed E-state index contributed by atoms with van der Waals surface area (Å²) in [6.45, 7) is 4.74. The first-order valence-corrected chi connectivity index (χ1v) is 4.52. The summed E-state index contributed by atoms with van der Waals surface area (Å²) in [6.07, 6.45) is -5.08. The quantitative estimate of drug-likeness (QED) is 0.485. The van der Waals surface area contributed by atoms with Crippen LogP contribution in [0.4, 0.5) is 13.2 Å². The second kappa shape index (κ2) is 8.00. The highest BCUT2D eigenvalue weighted by molar-refractivity contribution is 14.0. The van der Waals surface area contributed by atoms with Gasteiger partial charge < -0.3 is 10.6 Å². The Bertz CT molecular complexity index is 190. The van der Waals surface area contributed by atoms with Crippen LogP contribution in [0.2, 0.25) is 0 Å². The second-order valence-electron chi connectivity index (χ2n) is 2.78. The smallest absolute Gasteiger partial charge is 0.370 e. The molecule has 0 aromatic rings. The molecule has 0 aromatic heterocycles. The van der Waals surface area contributed by atoms with E-state index >= 15 is 0 Å². The first-order chi connectivity index (χ1) is 6.40. The lowest BCUT2D eigenvalue weighted by molar-refractivity contribution is -0.132. The fourth-order valence-corrected chi connectivity index (χ4v) is 0.945. The van der Waals surface area contributed by atoms with Gasteiger partial charge in [-0.2, -0.15) is 13.2 Å². The van der Waals surface area contributed by atoms with Crippen molar-refractivity contribution < 1.29 is 13.2 Å². The van der Waals surface area contributed by atoms with Crippen LogP contribution in [0.15, 0.2) is 4.99 Å². The van der Waals surface area contributed by atoms with Gasteiger partial charge in [-0.3, -0.25) is 4.99 Å². The molecule has 7 heteroatoms. The van der Waals surface area contributed by atoms with Crippen LogP contribution in [0.25, 0.3) is 0 Å². The molecule has 0 amide bonds. The molecule has 0 aromatic carbocycles. The Labute approximate surface area is 105 Å². The summed E-state index contributed by atoms with van der Waals surface area (Å²) in [4.78, 5) is 5.36. The highest BCUT2D eigenvalue weighted by atomic mass is 127. The van der Waals surface area contributed by atoms with E-state index in [1.807, 2.05) is 13.8 Å². The third kappa shape index (κ3) is 8.76. The Morgan fingerprint density at radius 3 is 2.07 bits per heavy atom. The first kappa shape index (κ1) is 17.2. The number of halogens is 4. The maximum Gasteiger partial charge on any atom is 0.390 e. The van der Waals surface area contributed by atoms with E-state index in [4.69, 9.17) is 5.73 Å². The summed E-state index contributed by atoms with van der Waals surface area (Å²) in [5.41, 5.74) is 5.48. The van der Waals surface area contributed by atoms with Crippen LogP contribution in [0, 0.1) is 0 Å². The molecule has 0 spiro atoms. The molecule has 0 aliphatic carbocycles. The molecule has 3 nitrogen and oxygen atoms in total. The molecule has 15 heavy (non-hydrogen) atoms. The number of hydrogen-bond donors (Lipinski definition) is 1. The molecule has 0 rings (SSSR count). The molecule has 0 bridgehead atoms. The molecule has 92 valence electrons. The predicted molar refractivity (Wildman–Crippen MR) is 65.5 cm³/mol. The molecule has 0 saturated heterocycles. The van der Waals surface area contributed by atoms with Crippen molar-refractivity contribution in [3.8, 4) is 0 Å². The van der Waals surface area contributed by atoms with Crippen molar-refractivity contribution in [2.45, 2.75) is 26.4 Å². The highest BCUT2D eigenvalue weighted by Crippen LogP contribution is 2.18. The molecule has 0 atom stereocenters. The summed E-state index contributed by atoms with van der Waals surface area (Å²) in [5, 5.41) is 0. The number of rotatable bonds is 4. The topological polar surface area (TPSA) is 41.6 Å². The maximum absolute atomic E-state index is 11.7. The van der Waals surface area contributed by atoms with E-state index in [2.05, 4.69) is 4.99 Å². The van der Waals surface area contributed by atoms with Crippen molar-refractivity contribution in [3.05, 3.63) is 0 Å². The summed E-state index contributed by atoms with van der Waals surface area (Å²) in [5.74, 6) is 0.180. The molecule has 0 saturated carbocycles. The van der Waals surface area contributed by atoms with E-state index in [9.17, 15) is 13.2 Å². The normalized spacial score (nSPS) is 12.2. The lowest BCUT2D eigenvalue weighted by Gasteiger charge is -2.19. The van der Waals surface area contributed by atoms with Gasteiger partial charge in [-0.1, -0.05) is 0 Å². The zero-order chi connectivity index (χ0) is 11.2. The van der Waals surface area contributed by atoms with Crippen LogP contribution >= 0.6 is 24.0 Å². The molecular formula is C8H17F3IN3. The summed E-state index contributed by atoms with van der Waals surface area (Å²) >= 11 is 0.